The fourth-order valence-corrected chi connectivity index (χ4v) is 14.6. The van der Waals surface area contributed by atoms with E-state index in [0.717, 1.165) is 84.0 Å². The van der Waals surface area contributed by atoms with Gasteiger partial charge in [0.05, 0.1) is 55.5 Å². The van der Waals surface area contributed by atoms with Crippen molar-refractivity contribution in [3.63, 3.8) is 0 Å². The van der Waals surface area contributed by atoms with Crippen molar-refractivity contribution in [3.8, 4) is 78.9 Å². The maximum Gasteiger partial charge on any atom is 0.160 e. The third kappa shape index (κ3) is 6.66. The van der Waals surface area contributed by atoms with Crippen molar-refractivity contribution in [1.82, 2.24) is 28.2 Å². The first-order valence-corrected chi connectivity index (χ1v) is 29.5. The molecule has 398 valence electrons. The van der Waals surface area contributed by atoms with Crippen molar-refractivity contribution in [1.29, 1.82) is 0 Å². The summed E-state index contributed by atoms with van der Waals surface area (Å²) in [7, 11) is 0. The predicted molar refractivity (Wildman–Crippen MR) is 358 cm³/mol. The molecule has 0 fully saturated rings. The van der Waals surface area contributed by atoms with Gasteiger partial charge in [-0.2, -0.15) is 0 Å². The van der Waals surface area contributed by atoms with E-state index in [4.69, 9.17) is 9.97 Å². The van der Waals surface area contributed by atoms with Gasteiger partial charge in [-0.05, 0) is 137 Å². The average Bonchev–Trinajstić information content (AvgIpc) is 2.33. The van der Waals surface area contributed by atoms with Crippen molar-refractivity contribution in [2.45, 2.75) is 0 Å². The molecule has 5 aromatic heterocycles. The first kappa shape index (κ1) is 46.9. The molecule has 1 aliphatic rings. The lowest BCUT2D eigenvalue weighted by Crippen LogP contribution is -2.00. The Morgan fingerprint density at radius 2 is 0.593 bits per heavy atom. The molecule has 0 aliphatic heterocycles. The molecular weight excluding hydrogens is 1040 g/mol. The molecule has 0 atom stereocenters. The second-order valence-corrected chi connectivity index (χ2v) is 22.8. The minimum absolute atomic E-state index is 0.677. The highest BCUT2D eigenvalue weighted by Crippen LogP contribution is 2.52. The van der Waals surface area contributed by atoms with Gasteiger partial charge in [0.15, 0.2) is 5.82 Å². The smallest absolute Gasteiger partial charge is 0.160 e. The van der Waals surface area contributed by atoms with Gasteiger partial charge >= 0.3 is 0 Å². The number of aromatic nitrogens is 6. The minimum atomic E-state index is 0.677. The molecule has 6 heteroatoms. The van der Waals surface area contributed by atoms with Crippen molar-refractivity contribution in [3.05, 3.63) is 291 Å². The van der Waals surface area contributed by atoms with Gasteiger partial charge in [0.25, 0.3) is 0 Å². The summed E-state index contributed by atoms with van der Waals surface area (Å²) in [6.45, 7) is 0. The Hall–Kier alpha value is -11.6. The van der Waals surface area contributed by atoms with Crippen LogP contribution in [0.3, 0.4) is 0 Å². The molecule has 86 heavy (non-hydrogen) atoms. The molecule has 5 heterocycles. The van der Waals surface area contributed by atoms with Gasteiger partial charge in [-0.3, -0.25) is 0 Å². The zero-order valence-corrected chi connectivity index (χ0v) is 46.4. The number of fused-ring (bicyclic) bond motifs is 15. The molecule has 0 radical (unpaired) electrons. The van der Waals surface area contributed by atoms with Crippen LogP contribution in [0.4, 0.5) is 0 Å². The van der Waals surface area contributed by atoms with E-state index in [0.29, 0.717) is 5.82 Å². The van der Waals surface area contributed by atoms with Gasteiger partial charge in [0.2, 0.25) is 0 Å². The molecule has 0 saturated heterocycles. The van der Waals surface area contributed by atoms with E-state index in [1.54, 1.807) is 0 Å². The highest BCUT2D eigenvalue weighted by molar-refractivity contribution is 6.21. The summed E-state index contributed by atoms with van der Waals surface area (Å²) in [5.41, 5.74) is 23.3. The Labute approximate surface area is 493 Å². The lowest BCUT2D eigenvalue weighted by molar-refractivity contribution is 1.15. The van der Waals surface area contributed by atoms with Crippen molar-refractivity contribution < 1.29 is 0 Å². The van der Waals surface area contributed by atoms with E-state index in [9.17, 15) is 0 Å². The van der Waals surface area contributed by atoms with Crippen molar-refractivity contribution in [2.75, 3.05) is 0 Å². The molecule has 0 saturated carbocycles. The van der Waals surface area contributed by atoms with Gasteiger partial charge in [-0.25, -0.2) is 9.97 Å². The van der Waals surface area contributed by atoms with E-state index >= 15 is 0 Å². The second kappa shape index (κ2) is 18.0. The summed E-state index contributed by atoms with van der Waals surface area (Å²) < 4.78 is 9.63. The van der Waals surface area contributed by atoms with Gasteiger partial charge < -0.3 is 18.3 Å². The summed E-state index contributed by atoms with van der Waals surface area (Å²) in [4.78, 5) is 11.3. The van der Waals surface area contributed by atoms with Crippen LogP contribution in [-0.2, 0) is 0 Å². The fraction of sp³-hybridized carbons (Fsp3) is 0. The van der Waals surface area contributed by atoms with Crippen LogP contribution < -0.4 is 0 Å². The largest absolute Gasteiger partial charge is 0.309 e. The number of hydrogen-bond donors (Lipinski definition) is 0. The maximum absolute atomic E-state index is 5.71. The third-order valence-corrected chi connectivity index (χ3v) is 18.3. The number of hydrogen-bond acceptors (Lipinski definition) is 2. The highest BCUT2D eigenvalue weighted by Gasteiger charge is 2.30. The van der Waals surface area contributed by atoms with Gasteiger partial charge in [0.1, 0.15) is 0 Å². The zero-order chi connectivity index (χ0) is 56.1. The number of para-hydroxylation sites is 6. The third-order valence-electron chi connectivity index (χ3n) is 18.3. The molecule has 19 rings (SSSR count). The molecule has 0 N–H and O–H groups in total. The van der Waals surface area contributed by atoms with Crippen LogP contribution in [0, 0.1) is 0 Å². The maximum atomic E-state index is 5.71. The highest BCUT2D eigenvalue weighted by atomic mass is 15.0. The van der Waals surface area contributed by atoms with Crippen LogP contribution in [0.25, 0.3) is 177 Å². The topological polar surface area (TPSA) is 45.5 Å². The van der Waals surface area contributed by atoms with Gasteiger partial charge in [-0.1, -0.05) is 182 Å². The van der Waals surface area contributed by atoms with E-state index < -0.39 is 0 Å². The first-order valence-electron chi connectivity index (χ1n) is 29.5. The second-order valence-electron chi connectivity index (χ2n) is 22.8. The van der Waals surface area contributed by atoms with Crippen LogP contribution in [0.1, 0.15) is 0 Å². The van der Waals surface area contributed by atoms with E-state index in [-0.39, 0.29) is 0 Å². The predicted octanol–water partition coefficient (Wildman–Crippen LogP) is 20.7. The summed E-state index contributed by atoms with van der Waals surface area (Å²) in [5, 5.41) is 12.2. The van der Waals surface area contributed by atoms with Crippen LogP contribution >= 0.6 is 0 Å². The van der Waals surface area contributed by atoms with Crippen LogP contribution in [0.2, 0.25) is 0 Å². The van der Waals surface area contributed by atoms with E-state index in [1.807, 2.05) is 0 Å². The standard InChI is InChI=1S/C80H48N6/c1-2-18-49(19-3-1)56-42-43-64-76-63(56)28-17-29-65(76)79-77(64)78(51-20-16-21-53(46-51)84-73-35-15-9-27-62(73)67-48-55(41-45-75(67)84)86-70-32-12-6-24-59(70)60-25-7-13-33-71(60)86)81-80(82-79)50-36-38-52(39-37-50)83-72-34-14-8-26-61(72)66-47-54(40-44-74(66)83)85-68-30-10-4-22-57(68)58-23-5-11-31-69(58)85/h1-48H. The summed E-state index contributed by atoms with van der Waals surface area (Å²) in [6, 6.07) is 106. The summed E-state index contributed by atoms with van der Waals surface area (Å²) >= 11 is 0. The first-order chi connectivity index (χ1) is 42.7. The lowest BCUT2D eigenvalue weighted by atomic mass is 9.93. The van der Waals surface area contributed by atoms with E-state index in [1.165, 1.54) is 87.1 Å². The molecule has 0 spiro atoms. The molecule has 0 amide bonds. The van der Waals surface area contributed by atoms with E-state index in [2.05, 4.69) is 309 Å². The van der Waals surface area contributed by atoms with Crippen LogP contribution in [0.15, 0.2) is 291 Å². The summed E-state index contributed by atoms with van der Waals surface area (Å²) in [6.07, 6.45) is 0. The molecular formula is C80H48N6. The molecule has 6 nitrogen and oxygen atoms in total. The SMILES string of the molecule is c1ccc(-c2ccc3c4c(cccc24)-c2nc(-c4ccc(-n5c6ccccc6c6cc(-n7c8ccccc8c8ccccc87)ccc65)cc4)nc(-c4cccc(-n5c6ccccc6c6cc(-n7c8ccccc8c8ccccc87)ccc65)c4)c2-3)cc1. The van der Waals surface area contributed by atoms with Crippen molar-refractivity contribution in [2.24, 2.45) is 0 Å². The Kier molecular flexibility index (Phi) is 9.80. The normalized spacial score (nSPS) is 12.2. The monoisotopic (exact) mass is 1090 g/mol. The van der Waals surface area contributed by atoms with Crippen LogP contribution in [-0.4, -0.2) is 28.2 Å². The molecule has 0 bridgehead atoms. The molecule has 1 aliphatic carbocycles. The quantitative estimate of drug-likeness (QED) is 0.160. The van der Waals surface area contributed by atoms with Crippen molar-refractivity contribution >= 4 is 98.0 Å². The number of nitrogens with zero attached hydrogens (tertiary/aromatic N) is 6. The average molecular weight is 1090 g/mol. The van der Waals surface area contributed by atoms with Crippen LogP contribution in [0.5, 0.6) is 0 Å². The van der Waals surface area contributed by atoms with Gasteiger partial charge in [-0.15, -0.1) is 0 Å². The summed E-state index contributed by atoms with van der Waals surface area (Å²) in [5.74, 6) is 0.677. The van der Waals surface area contributed by atoms with Gasteiger partial charge in [0, 0.05) is 88.1 Å². The Bertz CT molecular complexity index is 5790. The minimum Gasteiger partial charge on any atom is -0.309 e. The molecule has 0 unspecified atom stereocenters. The Balaban J connectivity index is 0.772. The number of rotatable bonds is 7. The Morgan fingerprint density at radius 1 is 0.209 bits per heavy atom. The fourth-order valence-electron chi connectivity index (χ4n) is 14.6. The number of benzene rings is 13. The zero-order valence-electron chi connectivity index (χ0n) is 46.4. The Morgan fingerprint density at radius 3 is 1.12 bits per heavy atom. The molecule has 13 aromatic carbocycles. The molecule has 18 aromatic rings. The lowest BCUT2D eigenvalue weighted by Gasteiger charge is -2.15.